The Balaban J connectivity index is 2.05. The molecule has 1 amide bonds. The van der Waals surface area contributed by atoms with Crippen molar-refractivity contribution in [3.05, 3.63) is 0 Å². The van der Waals surface area contributed by atoms with Crippen molar-refractivity contribution in [1.82, 2.24) is 10.2 Å². The first kappa shape index (κ1) is 13.4. The Morgan fingerprint density at radius 1 is 1.50 bits per heavy atom. The minimum absolute atomic E-state index is 0.0245. The van der Waals surface area contributed by atoms with Gasteiger partial charge in [0.2, 0.25) is 5.91 Å². The van der Waals surface area contributed by atoms with Crippen molar-refractivity contribution >= 4 is 5.91 Å². The average Bonchev–Trinajstić information content (AvgIpc) is 2.79. The van der Waals surface area contributed by atoms with Crippen molar-refractivity contribution in [2.24, 2.45) is 5.73 Å². The molecule has 3 N–H and O–H groups in total. The second kappa shape index (κ2) is 7.60. The molecule has 1 atom stereocenters. The van der Waals surface area contributed by atoms with Gasteiger partial charge in [0.15, 0.2) is 0 Å². The summed E-state index contributed by atoms with van der Waals surface area (Å²) in [5, 5.41) is 2.89. The van der Waals surface area contributed by atoms with E-state index in [4.69, 9.17) is 10.5 Å². The van der Waals surface area contributed by atoms with E-state index in [9.17, 15) is 4.79 Å². The zero-order valence-electron chi connectivity index (χ0n) is 10.1. The van der Waals surface area contributed by atoms with Crippen LogP contribution in [0.15, 0.2) is 0 Å². The van der Waals surface area contributed by atoms with Gasteiger partial charge in [-0.3, -0.25) is 4.79 Å². The van der Waals surface area contributed by atoms with Crippen molar-refractivity contribution in [3.63, 3.8) is 0 Å². The van der Waals surface area contributed by atoms with Gasteiger partial charge < -0.3 is 20.7 Å². The molecule has 94 valence electrons. The molecule has 0 saturated carbocycles. The molecule has 5 nitrogen and oxygen atoms in total. The molecule has 0 aromatic heterocycles. The van der Waals surface area contributed by atoms with Crippen LogP contribution in [0.2, 0.25) is 0 Å². The number of nitrogens with zero attached hydrogens (tertiary/aromatic N) is 1. The number of hydrogen-bond donors (Lipinski definition) is 2. The van der Waals surface area contributed by atoms with Gasteiger partial charge in [-0.05, 0) is 25.9 Å². The third-order valence-corrected chi connectivity index (χ3v) is 2.96. The summed E-state index contributed by atoms with van der Waals surface area (Å²) in [5.41, 5.74) is 5.45. The van der Waals surface area contributed by atoms with Crippen LogP contribution in [0.3, 0.4) is 0 Å². The lowest BCUT2D eigenvalue weighted by atomic mass is 10.2. The number of carbonyl (C=O) groups excluding carboxylic acids is 1. The molecule has 1 fully saturated rings. The maximum absolute atomic E-state index is 11.5. The highest BCUT2D eigenvalue weighted by atomic mass is 16.5. The van der Waals surface area contributed by atoms with Gasteiger partial charge in [-0.1, -0.05) is 0 Å². The quantitative estimate of drug-likeness (QED) is 0.621. The van der Waals surface area contributed by atoms with Gasteiger partial charge in [-0.15, -0.1) is 0 Å². The van der Waals surface area contributed by atoms with Crippen LogP contribution in [-0.2, 0) is 9.53 Å². The maximum atomic E-state index is 11.5. The molecular formula is C11H23N3O2. The lowest BCUT2D eigenvalue weighted by Crippen LogP contribution is -2.36. The van der Waals surface area contributed by atoms with Crippen LogP contribution in [-0.4, -0.2) is 56.7 Å². The standard InChI is InChI=1S/C11H23N3O2/c1-16-10(9-12)8-11(15)13-4-7-14-5-2-3-6-14/h10H,2-9,12H2,1H3,(H,13,15). The summed E-state index contributed by atoms with van der Waals surface area (Å²) >= 11 is 0. The minimum atomic E-state index is -0.160. The predicted octanol–water partition coefficient (Wildman–Crippen LogP) is -0.438. The van der Waals surface area contributed by atoms with Gasteiger partial charge in [0.05, 0.1) is 12.5 Å². The topological polar surface area (TPSA) is 67.6 Å². The van der Waals surface area contributed by atoms with E-state index in [0.717, 1.165) is 13.1 Å². The Labute approximate surface area is 97.3 Å². The molecule has 0 spiro atoms. The average molecular weight is 229 g/mol. The number of methoxy groups -OCH3 is 1. The number of nitrogens with two attached hydrogens (primary N) is 1. The summed E-state index contributed by atoms with van der Waals surface area (Å²) in [6.45, 7) is 4.39. The van der Waals surface area contributed by atoms with Crippen LogP contribution < -0.4 is 11.1 Å². The summed E-state index contributed by atoms with van der Waals surface area (Å²) in [6, 6.07) is 0. The highest BCUT2D eigenvalue weighted by Crippen LogP contribution is 2.05. The highest BCUT2D eigenvalue weighted by molar-refractivity contribution is 5.76. The fourth-order valence-corrected chi connectivity index (χ4v) is 1.90. The highest BCUT2D eigenvalue weighted by Gasteiger charge is 2.13. The van der Waals surface area contributed by atoms with Crippen LogP contribution in [0.5, 0.6) is 0 Å². The molecule has 0 aromatic rings. The van der Waals surface area contributed by atoms with E-state index in [-0.39, 0.29) is 12.0 Å². The first-order valence-corrected chi connectivity index (χ1v) is 5.98. The lowest BCUT2D eigenvalue weighted by molar-refractivity contribution is -0.123. The van der Waals surface area contributed by atoms with Crippen molar-refractivity contribution in [2.45, 2.75) is 25.4 Å². The number of amides is 1. The Kier molecular flexibility index (Phi) is 6.37. The monoisotopic (exact) mass is 229 g/mol. The summed E-state index contributed by atoms with van der Waals surface area (Å²) in [5.74, 6) is 0.0245. The van der Waals surface area contributed by atoms with E-state index in [0.29, 0.717) is 13.0 Å². The van der Waals surface area contributed by atoms with Gasteiger partial charge in [0.1, 0.15) is 0 Å². The van der Waals surface area contributed by atoms with Crippen molar-refractivity contribution < 1.29 is 9.53 Å². The molecule has 1 aliphatic heterocycles. The van der Waals surface area contributed by atoms with Crippen molar-refractivity contribution in [2.75, 3.05) is 39.8 Å². The zero-order chi connectivity index (χ0) is 11.8. The minimum Gasteiger partial charge on any atom is -0.380 e. The molecule has 0 bridgehead atoms. The van der Waals surface area contributed by atoms with E-state index >= 15 is 0 Å². The summed E-state index contributed by atoms with van der Waals surface area (Å²) in [6.07, 6.45) is 2.76. The van der Waals surface area contributed by atoms with Gasteiger partial charge in [0.25, 0.3) is 0 Å². The molecule has 1 saturated heterocycles. The van der Waals surface area contributed by atoms with Gasteiger partial charge >= 0.3 is 0 Å². The van der Waals surface area contributed by atoms with E-state index in [1.54, 1.807) is 7.11 Å². The Hall–Kier alpha value is -0.650. The van der Waals surface area contributed by atoms with E-state index < -0.39 is 0 Å². The van der Waals surface area contributed by atoms with Gasteiger partial charge in [-0.2, -0.15) is 0 Å². The molecule has 5 heteroatoms. The number of likely N-dealkylation sites (tertiary alicyclic amines) is 1. The molecule has 1 heterocycles. The Bertz CT molecular complexity index is 201. The summed E-state index contributed by atoms with van der Waals surface area (Å²) < 4.78 is 5.05. The normalized spacial score (nSPS) is 18.6. The Morgan fingerprint density at radius 2 is 2.19 bits per heavy atom. The van der Waals surface area contributed by atoms with Crippen LogP contribution in [0.25, 0.3) is 0 Å². The number of nitrogens with one attached hydrogen (secondary N) is 1. The zero-order valence-corrected chi connectivity index (χ0v) is 10.1. The molecule has 0 radical (unpaired) electrons. The first-order valence-electron chi connectivity index (χ1n) is 5.98. The SMILES string of the molecule is COC(CN)CC(=O)NCCN1CCCC1. The summed E-state index contributed by atoms with van der Waals surface area (Å²) in [7, 11) is 1.58. The van der Waals surface area contributed by atoms with E-state index in [1.807, 2.05) is 0 Å². The Morgan fingerprint density at radius 3 is 2.75 bits per heavy atom. The third-order valence-electron chi connectivity index (χ3n) is 2.96. The molecule has 1 unspecified atom stereocenters. The number of carbonyl (C=O) groups is 1. The van der Waals surface area contributed by atoms with Crippen LogP contribution in [0.4, 0.5) is 0 Å². The fourth-order valence-electron chi connectivity index (χ4n) is 1.90. The predicted molar refractivity (Wildman–Crippen MR) is 63.2 cm³/mol. The van der Waals surface area contributed by atoms with Crippen LogP contribution >= 0.6 is 0 Å². The van der Waals surface area contributed by atoms with Crippen molar-refractivity contribution in [1.29, 1.82) is 0 Å². The number of ether oxygens (including phenoxy) is 1. The van der Waals surface area contributed by atoms with E-state index in [2.05, 4.69) is 10.2 Å². The number of rotatable bonds is 7. The molecule has 1 rings (SSSR count). The molecule has 0 aliphatic carbocycles. The van der Waals surface area contributed by atoms with Crippen molar-refractivity contribution in [3.8, 4) is 0 Å². The third kappa shape index (κ3) is 4.92. The lowest BCUT2D eigenvalue weighted by Gasteiger charge is -2.16. The second-order valence-corrected chi connectivity index (χ2v) is 4.20. The second-order valence-electron chi connectivity index (χ2n) is 4.20. The smallest absolute Gasteiger partial charge is 0.222 e. The van der Waals surface area contributed by atoms with Gasteiger partial charge in [-0.25, -0.2) is 0 Å². The van der Waals surface area contributed by atoms with Crippen LogP contribution in [0.1, 0.15) is 19.3 Å². The molecule has 16 heavy (non-hydrogen) atoms. The van der Waals surface area contributed by atoms with E-state index in [1.165, 1.54) is 25.9 Å². The largest absolute Gasteiger partial charge is 0.380 e. The molecule has 0 aromatic carbocycles. The first-order chi connectivity index (χ1) is 7.76. The van der Waals surface area contributed by atoms with Gasteiger partial charge in [0, 0.05) is 26.7 Å². The van der Waals surface area contributed by atoms with Crippen LogP contribution in [0, 0.1) is 0 Å². The fraction of sp³-hybridized carbons (Fsp3) is 0.909. The maximum Gasteiger partial charge on any atom is 0.222 e. The molecular weight excluding hydrogens is 206 g/mol. The number of hydrogen-bond acceptors (Lipinski definition) is 4. The molecule has 1 aliphatic rings. The summed E-state index contributed by atoms with van der Waals surface area (Å²) in [4.78, 5) is 13.9.